The summed E-state index contributed by atoms with van der Waals surface area (Å²) in [5.41, 5.74) is 0. The van der Waals surface area contributed by atoms with Crippen LogP contribution >= 0.6 is 0 Å². The minimum atomic E-state index is -1.23. The van der Waals surface area contributed by atoms with E-state index in [1.54, 1.807) is 0 Å². The molecule has 0 aromatic carbocycles. The van der Waals surface area contributed by atoms with Crippen molar-refractivity contribution in [2.45, 2.75) is 236 Å². The number of aliphatic hydroxyl groups excluding tert-OH is 5. The zero-order valence-electron chi connectivity index (χ0n) is 34.0. The Morgan fingerprint density at radius 1 is 0.717 bits per heavy atom. The van der Waals surface area contributed by atoms with Gasteiger partial charge in [0.15, 0.2) is 6.29 Å². The Kier molecular flexibility index (Phi) is 32.9. The highest BCUT2D eigenvalue weighted by molar-refractivity contribution is 5.76. The van der Waals surface area contributed by atoms with Gasteiger partial charge in [-0.15, -0.1) is 0 Å². The van der Waals surface area contributed by atoms with Gasteiger partial charge in [0, 0.05) is 12.8 Å². The van der Waals surface area contributed by atoms with Crippen molar-refractivity contribution in [2.75, 3.05) is 13.2 Å². The van der Waals surface area contributed by atoms with Gasteiger partial charge in [-0.2, -0.15) is 0 Å². The van der Waals surface area contributed by atoms with Gasteiger partial charge in [-0.3, -0.25) is 4.79 Å². The number of rotatable bonds is 36. The number of carbonyl (C=O) groups excluding carboxylic acids is 1. The average molecular weight is 754 g/mol. The molecule has 1 amide bonds. The minimum absolute atomic E-state index is 0.0105. The second-order valence-electron chi connectivity index (χ2n) is 15.5. The standard InChI is InChI=1S/C44H83NO8/c1-3-5-7-9-11-13-15-17-18-19-20-21-23-25-27-29-31-33-41(49)45-37(36-52-42-34-39(48)44(51)40(35-46)53-42)43(50)38(47)32-30-28-26-24-22-16-14-12-10-8-6-4-2/h11,13,17-18,37-40,42-44,46-48,50-51H,3-10,12,14-16,19-36H2,1-2H3,(H,45,49)/b13-11-,18-17-/t37-,38+,39?,40?,42?,43-,44?/m0/s1. The molecule has 0 spiro atoms. The molecule has 1 aliphatic rings. The fourth-order valence-electron chi connectivity index (χ4n) is 6.97. The van der Waals surface area contributed by atoms with Crippen LogP contribution in [0.5, 0.6) is 0 Å². The van der Waals surface area contributed by atoms with Crippen LogP contribution in [0.2, 0.25) is 0 Å². The van der Waals surface area contributed by atoms with Gasteiger partial charge in [0.05, 0.1) is 31.5 Å². The minimum Gasteiger partial charge on any atom is -0.394 e. The Bertz CT molecular complexity index is 885. The summed E-state index contributed by atoms with van der Waals surface area (Å²) in [5.74, 6) is -0.203. The van der Waals surface area contributed by atoms with Crippen LogP contribution in [0, 0.1) is 0 Å². The number of unbranched alkanes of at least 4 members (excludes halogenated alkanes) is 21. The Morgan fingerprint density at radius 2 is 1.21 bits per heavy atom. The Hall–Kier alpha value is -1.33. The molecule has 7 atom stereocenters. The number of allylic oxidation sites excluding steroid dienone is 4. The molecule has 1 heterocycles. The van der Waals surface area contributed by atoms with E-state index < -0.39 is 49.5 Å². The first-order chi connectivity index (χ1) is 25.8. The van der Waals surface area contributed by atoms with Gasteiger partial charge in [-0.05, 0) is 44.9 Å². The van der Waals surface area contributed by atoms with Gasteiger partial charge in [-0.25, -0.2) is 0 Å². The second kappa shape index (κ2) is 35.1. The van der Waals surface area contributed by atoms with Gasteiger partial charge < -0.3 is 40.3 Å². The Labute approximate surface area is 324 Å². The van der Waals surface area contributed by atoms with Crippen LogP contribution < -0.4 is 5.32 Å². The van der Waals surface area contributed by atoms with Crippen molar-refractivity contribution in [3.05, 3.63) is 24.3 Å². The maximum Gasteiger partial charge on any atom is 0.220 e. The third-order valence-corrected chi connectivity index (χ3v) is 10.5. The molecule has 0 aromatic heterocycles. The van der Waals surface area contributed by atoms with E-state index in [4.69, 9.17) is 9.47 Å². The normalized spacial score (nSPS) is 21.0. The van der Waals surface area contributed by atoms with E-state index in [-0.39, 0.29) is 18.9 Å². The lowest BCUT2D eigenvalue weighted by molar-refractivity contribution is -0.259. The molecule has 6 N–H and O–H groups in total. The summed E-state index contributed by atoms with van der Waals surface area (Å²) in [6.07, 6.45) is 32.7. The number of ether oxygens (including phenoxy) is 2. The summed E-state index contributed by atoms with van der Waals surface area (Å²) < 4.78 is 11.4. The summed E-state index contributed by atoms with van der Waals surface area (Å²) in [5, 5.41) is 54.6. The van der Waals surface area contributed by atoms with E-state index in [1.165, 1.54) is 103 Å². The summed E-state index contributed by atoms with van der Waals surface area (Å²) >= 11 is 0. The molecule has 4 unspecified atom stereocenters. The SMILES string of the molecule is CCCCC/C=C\C/C=C\CCCCCCCCCC(=O)N[C@@H](COC1CC(O)C(O)C(CO)O1)[C@H](O)[C@H](O)CCCCCCCCCCCCCC. The third kappa shape index (κ3) is 27.0. The molecule has 53 heavy (non-hydrogen) atoms. The van der Waals surface area contributed by atoms with Crippen molar-refractivity contribution in [2.24, 2.45) is 0 Å². The molecule has 312 valence electrons. The molecule has 0 aliphatic carbocycles. The van der Waals surface area contributed by atoms with Crippen LogP contribution in [0.4, 0.5) is 0 Å². The van der Waals surface area contributed by atoms with Crippen molar-refractivity contribution >= 4 is 5.91 Å². The predicted octanol–water partition coefficient (Wildman–Crippen LogP) is 8.72. The topological polar surface area (TPSA) is 149 Å². The van der Waals surface area contributed by atoms with E-state index in [2.05, 4.69) is 43.5 Å². The van der Waals surface area contributed by atoms with Crippen LogP contribution in [0.15, 0.2) is 24.3 Å². The first-order valence-corrected chi connectivity index (χ1v) is 22.0. The third-order valence-electron chi connectivity index (χ3n) is 10.5. The summed E-state index contributed by atoms with van der Waals surface area (Å²) in [6, 6.07) is -0.870. The highest BCUT2D eigenvalue weighted by Crippen LogP contribution is 2.22. The quantitative estimate of drug-likeness (QED) is 0.0275. The van der Waals surface area contributed by atoms with Gasteiger partial charge in [-0.1, -0.05) is 160 Å². The van der Waals surface area contributed by atoms with E-state index in [0.717, 1.165) is 57.8 Å². The molecule has 0 bridgehead atoms. The molecule has 9 heteroatoms. The van der Waals surface area contributed by atoms with Crippen LogP contribution in [0.25, 0.3) is 0 Å². The van der Waals surface area contributed by atoms with E-state index in [1.807, 2.05) is 0 Å². The number of amides is 1. The van der Waals surface area contributed by atoms with Gasteiger partial charge in [0.2, 0.25) is 5.91 Å². The molecule has 1 fully saturated rings. The summed E-state index contributed by atoms with van der Waals surface area (Å²) in [6.45, 7) is 3.86. The molecule has 9 nitrogen and oxygen atoms in total. The molecule has 0 aromatic rings. The molecule has 0 saturated carbocycles. The highest BCUT2D eigenvalue weighted by atomic mass is 16.7. The Balaban J connectivity index is 2.37. The summed E-state index contributed by atoms with van der Waals surface area (Å²) in [4.78, 5) is 13.0. The lowest BCUT2D eigenvalue weighted by atomic mass is 9.99. The monoisotopic (exact) mass is 754 g/mol. The smallest absolute Gasteiger partial charge is 0.220 e. The van der Waals surface area contributed by atoms with E-state index in [9.17, 15) is 30.3 Å². The van der Waals surface area contributed by atoms with E-state index >= 15 is 0 Å². The van der Waals surface area contributed by atoms with Gasteiger partial charge >= 0.3 is 0 Å². The number of carbonyl (C=O) groups is 1. The lowest BCUT2D eigenvalue weighted by Crippen LogP contribution is -2.54. The maximum atomic E-state index is 13.0. The van der Waals surface area contributed by atoms with Crippen LogP contribution in [0.3, 0.4) is 0 Å². The molecule has 1 saturated heterocycles. The first kappa shape index (κ1) is 49.7. The summed E-state index contributed by atoms with van der Waals surface area (Å²) in [7, 11) is 0. The predicted molar refractivity (Wildman–Crippen MR) is 217 cm³/mol. The molecule has 1 rings (SSSR count). The molecule has 1 aliphatic heterocycles. The van der Waals surface area contributed by atoms with Crippen molar-refractivity contribution in [1.29, 1.82) is 0 Å². The number of hydrogen-bond acceptors (Lipinski definition) is 8. The van der Waals surface area contributed by atoms with Crippen molar-refractivity contribution in [3.63, 3.8) is 0 Å². The van der Waals surface area contributed by atoms with Crippen LogP contribution in [-0.4, -0.2) is 87.5 Å². The highest BCUT2D eigenvalue weighted by Gasteiger charge is 2.38. The maximum absolute atomic E-state index is 13.0. The van der Waals surface area contributed by atoms with Crippen molar-refractivity contribution in [1.82, 2.24) is 5.32 Å². The fourth-order valence-corrected chi connectivity index (χ4v) is 6.97. The zero-order valence-corrected chi connectivity index (χ0v) is 34.0. The van der Waals surface area contributed by atoms with Crippen LogP contribution in [-0.2, 0) is 14.3 Å². The lowest BCUT2D eigenvalue weighted by Gasteiger charge is -2.37. The van der Waals surface area contributed by atoms with Gasteiger partial charge in [0.25, 0.3) is 0 Å². The van der Waals surface area contributed by atoms with Gasteiger partial charge in [0.1, 0.15) is 18.3 Å². The fraction of sp³-hybridized carbons (Fsp3) is 0.886. The zero-order chi connectivity index (χ0) is 38.8. The van der Waals surface area contributed by atoms with Crippen molar-refractivity contribution in [3.8, 4) is 0 Å². The van der Waals surface area contributed by atoms with Crippen molar-refractivity contribution < 1.29 is 39.8 Å². The number of aliphatic hydroxyl groups is 5. The average Bonchev–Trinajstić information content (AvgIpc) is 3.15. The second-order valence-corrected chi connectivity index (χ2v) is 15.5. The first-order valence-electron chi connectivity index (χ1n) is 22.0. The molecular weight excluding hydrogens is 670 g/mol. The Morgan fingerprint density at radius 3 is 1.77 bits per heavy atom. The molecular formula is C44H83NO8. The number of nitrogens with one attached hydrogen (secondary N) is 1. The number of hydrogen-bond donors (Lipinski definition) is 6. The molecule has 0 radical (unpaired) electrons. The van der Waals surface area contributed by atoms with Crippen LogP contribution in [0.1, 0.15) is 194 Å². The van der Waals surface area contributed by atoms with E-state index in [0.29, 0.717) is 12.8 Å². The largest absolute Gasteiger partial charge is 0.394 e.